The summed E-state index contributed by atoms with van der Waals surface area (Å²) >= 11 is 0. The van der Waals surface area contributed by atoms with Gasteiger partial charge in [0.05, 0.1) is 6.04 Å². The second-order valence-corrected chi connectivity index (χ2v) is 7.09. The number of carbonyl (C=O) groups is 1. The number of nitrogens with two attached hydrogens (primary N) is 1. The van der Waals surface area contributed by atoms with Crippen LogP contribution in [-0.2, 0) is 11.3 Å². The number of fused-ring (bicyclic) bond motifs is 1. The molecular formula is C18H27N3O2. The topological polar surface area (TPSA) is 67.6 Å². The lowest BCUT2D eigenvalue weighted by Gasteiger charge is -2.42. The van der Waals surface area contributed by atoms with Crippen molar-refractivity contribution in [2.75, 3.05) is 19.6 Å². The van der Waals surface area contributed by atoms with Crippen molar-refractivity contribution in [2.45, 2.75) is 44.9 Å². The van der Waals surface area contributed by atoms with E-state index in [-0.39, 0.29) is 17.4 Å². The van der Waals surface area contributed by atoms with Crippen molar-refractivity contribution in [2.24, 2.45) is 11.7 Å². The molecule has 0 bridgehead atoms. The van der Waals surface area contributed by atoms with Crippen LogP contribution in [0.15, 0.2) is 24.3 Å². The predicted molar refractivity (Wildman–Crippen MR) is 90.1 cm³/mol. The van der Waals surface area contributed by atoms with Gasteiger partial charge in [-0.3, -0.25) is 4.79 Å². The second kappa shape index (κ2) is 6.49. The van der Waals surface area contributed by atoms with Gasteiger partial charge in [0.25, 0.3) is 0 Å². The Hall–Kier alpha value is -1.59. The zero-order valence-corrected chi connectivity index (χ0v) is 14.0. The summed E-state index contributed by atoms with van der Waals surface area (Å²) in [5.41, 5.74) is 7.00. The third-order valence-corrected chi connectivity index (χ3v) is 5.05. The van der Waals surface area contributed by atoms with Gasteiger partial charge in [0, 0.05) is 44.6 Å². The SMILES string of the molecule is CC(C)[C@H](N)C(=O)N1CCC2(CC1)CNCc1ccccc1O2. The number of ether oxygens (including phenoxy) is 1. The number of hydrogen-bond donors (Lipinski definition) is 2. The summed E-state index contributed by atoms with van der Waals surface area (Å²) in [6.45, 7) is 7.05. The third kappa shape index (κ3) is 3.35. The standard InChI is InChI=1S/C18H27N3O2/c1-13(2)16(19)17(22)21-9-7-18(8-10-21)12-20-11-14-5-3-4-6-15(14)23-18/h3-6,13,16,20H,7-12,19H2,1-2H3/t16-/m0/s1. The molecule has 1 aromatic rings. The number of amides is 1. The number of nitrogens with zero attached hydrogens (tertiary/aromatic N) is 1. The van der Waals surface area contributed by atoms with Gasteiger partial charge in [-0.05, 0) is 12.0 Å². The van der Waals surface area contributed by atoms with Crippen molar-refractivity contribution in [3.8, 4) is 5.75 Å². The average Bonchev–Trinajstić information content (AvgIpc) is 2.73. The minimum atomic E-state index is -0.405. The molecule has 23 heavy (non-hydrogen) atoms. The van der Waals surface area contributed by atoms with E-state index in [0.29, 0.717) is 13.1 Å². The summed E-state index contributed by atoms with van der Waals surface area (Å²) in [6.07, 6.45) is 1.68. The van der Waals surface area contributed by atoms with Crippen molar-refractivity contribution in [3.05, 3.63) is 29.8 Å². The zero-order chi connectivity index (χ0) is 16.4. The molecule has 0 unspecified atom stereocenters. The summed E-state index contributed by atoms with van der Waals surface area (Å²) in [5, 5.41) is 3.50. The Morgan fingerprint density at radius 2 is 2.00 bits per heavy atom. The first-order valence-electron chi connectivity index (χ1n) is 8.53. The van der Waals surface area contributed by atoms with Crippen molar-refractivity contribution < 1.29 is 9.53 Å². The molecule has 1 spiro atoms. The van der Waals surface area contributed by atoms with E-state index in [1.807, 2.05) is 36.9 Å². The molecule has 5 nitrogen and oxygen atoms in total. The Kier molecular flexibility index (Phi) is 4.60. The van der Waals surface area contributed by atoms with Crippen LogP contribution >= 0.6 is 0 Å². The molecule has 1 aromatic carbocycles. The Morgan fingerprint density at radius 3 is 2.70 bits per heavy atom. The minimum Gasteiger partial charge on any atom is -0.485 e. The van der Waals surface area contributed by atoms with Crippen LogP contribution < -0.4 is 15.8 Å². The van der Waals surface area contributed by atoms with E-state index in [4.69, 9.17) is 10.5 Å². The number of piperidine rings is 1. The molecule has 126 valence electrons. The molecule has 2 aliphatic rings. The molecule has 0 radical (unpaired) electrons. The molecule has 2 heterocycles. The second-order valence-electron chi connectivity index (χ2n) is 7.09. The van der Waals surface area contributed by atoms with Crippen LogP contribution in [0.5, 0.6) is 5.75 Å². The first kappa shape index (κ1) is 16.3. The largest absolute Gasteiger partial charge is 0.485 e. The van der Waals surface area contributed by atoms with Crippen LogP contribution in [0.3, 0.4) is 0 Å². The molecule has 0 aromatic heterocycles. The van der Waals surface area contributed by atoms with Gasteiger partial charge in [-0.15, -0.1) is 0 Å². The van der Waals surface area contributed by atoms with Gasteiger partial charge >= 0.3 is 0 Å². The maximum absolute atomic E-state index is 12.4. The summed E-state index contributed by atoms with van der Waals surface area (Å²) in [6, 6.07) is 7.78. The summed E-state index contributed by atoms with van der Waals surface area (Å²) < 4.78 is 6.39. The number of likely N-dealkylation sites (tertiary alicyclic amines) is 1. The highest BCUT2D eigenvalue weighted by atomic mass is 16.5. The Balaban J connectivity index is 1.67. The fourth-order valence-corrected chi connectivity index (χ4v) is 3.35. The van der Waals surface area contributed by atoms with E-state index < -0.39 is 6.04 Å². The molecule has 1 atom stereocenters. The maximum Gasteiger partial charge on any atom is 0.239 e. The summed E-state index contributed by atoms with van der Waals surface area (Å²) in [5.74, 6) is 1.20. The van der Waals surface area contributed by atoms with Crippen molar-refractivity contribution in [3.63, 3.8) is 0 Å². The molecule has 1 fully saturated rings. The third-order valence-electron chi connectivity index (χ3n) is 5.05. The number of rotatable bonds is 2. The first-order valence-corrected chi connectivity index (χ1v) is 8.53. The highest BCUT2D eigenvalue weighted by Crippen LogP contribution is 2.33. The van der Waals surface area contributed by atoms with Gasteiger partial charge in [-0.25, -0.2) is 0 Å². The highest BCUT2D eigenvalue weighted by molar-refractivity contribution is 5.82. The Morgan fingerprint density at radius 1 is 1.30 bits per heavy atom. The van der Waals surface area contributed by atoms with Crippen LogP contribution in [0.4, 0.5) is 0 Å². The molecule has 2 aliphatic heterocycles. The molecule has 0 aliphatic carbocycles. The van der Waals surface area contributed by atoms with Gasteiger partial charge in [0.15, 0.2) is 0 Å². The summed E-state index contributed by atoms with van der Waals surface area (Å²) in [7, 11) is 0. The molecular weight excluding hydrogens is 290 g/mol. The number of para-hydroxylation sites is 1. The highest BCUT2D eigenvalue weighted by Gasteiger charge is 2.40. The van der Waals surface area contributed by atoms with Crippen molar-refractivity contribution in [1.29, 1.82) is 0 Å². The molecule has 5 heteroatoms. The molecule has 3 rings (SSSR count). The lowest BCUT2D eigenvalue weighted by molar-refractivity contribution is -0.137. The van der Waals surface area contributed by atoms with Gasteiger partial charge in [0.2, 0.25) is 5.91 Å². The van der Waals surface area contributed by atoms with Crippen molar-refractivity contribution in [1.82, 2.24) is 10.2 Å². The molecule has 0 saturated carbocycles. The molecule has 1 amide bonds. The quantitative estimate of drug-likeness (QED) is 0.868. The lowest BCUT2D eigenvalue weighted by Crippen LogP contribution is -2.56. The van der Waals surface area contributed by atoms with Crippen LogP contribution in [-0.4, -0.2) is 42.1 Å². The van der Waals surface area contributed by atoms with Crippen LogP contribution in [0.1, 0.15) is 32.3 Å². The van der Waals surface area contributed by atoms with Crippen LogP contribution in [0.2, 0.25) is 0 Å². The van der Waals surface area contributed by atoms with Gasteiger partial charge in [0.1, 0.15) is 11.4 Å². The average molecular weight is 317 g/mol. The van der Waals surface area contributed by atoms with Crippen LogP contribution in [0.25, 0.3) is 0 Å². The fourth-order valence-electron chi connectivity index (χ4n) is 3.35. The minimum absolute atomic E-state index is 0.0665. The molecule has 1 saturated heterocycles. The van der Waals surface area contributed by atoms with E-state index in [9.17, 15) is 4.79 Å². The number of nitrogens with one attached hydrogen (secondary N) is 1. The number of hydrogen-bond acceptors (Lipinski definition) is 4. The maximum atomic E-state index is 12.4. The van der Waals surface area contributed by atoms with Crippen molar-refractivity contribution >= 4 is 5.91 Å². The predicted octanol–water partition coefficient (Wildman–Crippen LogP) is 1.51. The monoisotopic (exact) mass is 317 g/mol. The van der Waals surface area contributed by atoms with Gasteiger partial charge in [-0.1, -0.05) is 32.0 Å². The number of carbonyl (C=O) groups excluding carboxylic acids is 1. The first-order chi connectivity index (χ1) is 11.0. The van der Waals surface area contributed by atoms with Gasteiger partial charge < -0.3 is 20.7 Å². The van der Waals surface area contributed by atoms with Crippen LogP contribution in [0, 0.1) is 5.92 Å². The lowest BCUT2D eigenvalue weighted by atomic mass is 9.90. The van der Waals surface area contributed by atoms with E-state index in [1.165, 1.54) is 5.56 Å². The number of benzene rings is 1. The van der Waals surface area contributed by atoms with E-state index in [1.54, 1.807) is 0 Å². The van der Waals surface area contributed by atoms with E-state index >= 15 is 0 Å². The smallest absolute Gasteiger partial charge is 0.239 e. The van der Waals surface area contributed by atoms with Gasteiger partial charge in [-0.2, -0.15) is 0 Å². The summed E-state index contributed by atoms with van der Waals surface area (Å²) in [4.78, 5) is 14.3. The molecule has 3 N–H and O–H groups in total. The Bertz CT molecular complexity index is 565. The Labute approximate surface area is 138 Å². The van der Waals surface area contributed by atoms with E-state index in [0.717, 1.165) is 31.7 Å². The zero-order valence-electron chi connectivity index (χ0n) is 14.0. The van der Waals surface area contributed by atoms with E-state index in [2.05, 4.69) is 11.4 Å². The normalized spacial score (nSPS) is 21.5. The fraction of sp³-hybridized carbons (Fsp3) is 0.611.